The summed E-state index contributed by atoms with van der Waals surface area (Å²) in [6.45, 7) is 6.38. The van der Waals surface area contributed by atoms with E-state index < -0.39 is 0 Å². The molecular weight excluding hydrogens is 370 g/mol. The van der Waals surface area contributed by atoms with Gasteiger partial charge in [-0.15, -0.1) is 0 Å². The van der Waals surface area contributed by atoms with Crippen LogP contribution in [0, 0.1) is 0 Å². The van der Waals surface area contributed by atoms with Gasteiger partial charge in [-0.25, -0.2) is 0 Å². The molecule has 0 unspecified atom stereocenters. The molecule has 0 aromatic heterocycles. The summed E-state index contributed by atoms with van der Waals surface area (Å²) < 4.78 is 11.3. The molecule has 4 nitrogen and oxygen atoms in total. The zero-order valence-corrected chi connectivity index (χ0v) is 16.2. The number of benzene rings is 2. The average molecular weight is 392 g/mol. The van der Waals surface area contributed by atoms with Crippen LogP contribution in [0.15, 0.2) is 40.9 Å². The molecule has 0 saturated carbocycles. The monoisotopic (exact) mass is 391 g/mol. The normalized spacial score (nSPS) is 11.1. The molecule has 0 bridgehead atoms. The van der Waals surface area contributed by atoms with Crippen LogP contribution >= 0.6 is 15.9 Å². The number of nitrogens with one attached hydrogen (secondary N) is 1. The predicted molar refractivity (Wildman–Crippen MR) is 100 cm³/mol. The summed E-state index contributed by atoms with van der Waals surface area (Å²) >= 11 is 3.40. The Bertz CT molecular complexity index is 751. The van der Waals surface area contributed by atoms with Gasteiger partial charge < -0.3 is 14.8 Å². The summed E-state index contributed by atoms with van der Waals surface area (Å²) in [6, 6.07) is 11.0. The number of anilines is 1. The fraction of sp³-hybridized carbons (Fsp3) is 0.316. The number of hydrogen-bond donors (Lipinski definition) is 1. The molecule has 2 rings (SSSR count). The SMILES string of the molecule is COc1ccc(C(=O)Nc2cc(C(C)(C)C)ccc2OC)cc1Br. The van der Waals surface area contributed by atoms with Gasteiger partial charge in [-0.3, -0.25) is 4.79 Å². The number of carbonyl (C=O) groups excluding carboxylic acids is 1. The van der Waals surface area contributed by atoms with E-state index in [9.17, 15) is 4.79 Å². The van der Waals surface area contributed by atoms with Crippen LogP contribution in [-0.4, -0.2) is 20.1 Å². The van der Waals surface area contributed by atoms with Crippen molar-refractivity contribution in [3.05, 3.63) is 52.0 Å². The van der Waals surface area contributed by atoms with E-state index >= 15 is 0 Å². The van der Waals surface area contributed by atoms with E-state index in [1.165, 1.54) is 0 Å². The lowest BCUT2D eigenvalue weighted by Crippen LogP contribution is -2.15. The molecule has 0 fully saturated rings. The number of ether oxygens (including phenoxy) is 2. The van der Waals surface area contributed by atoms with Gasteiger partial charge in [-0.05, 0) is 57.2 Å². The summed E-state index contributed by atoms with van der Waals surface area (Å²) in [5, 5.41) is 2.93. The topological polar surface area (TPSA) is 47.6 Å². The maximum atomic E-state index is 12.6. The first-order valence-corrected chi connectivity index (χ1v) is 8.39. The Hall–Kier alpha value is -2.01. The molecule has 5 heteroatoms. The molecule has 0 aliphatic carbocycles. The largest absolute Gasteiger partial charge is 0.496 e. The van der Waals surface area contributed by atoms with Crippen LogP contribution < -0.4 is 14.8 Å². The molecule has 0 aliphatic heterocycles. The van der Waals surface area contributed by atoms with Crippen molar-refractivity contribution >= 4 is 27.5 Å². The van der Waals surface area contributed by atoms with Crippen molar-refractivity contribution in [1.82, 2.24) is 0 Å². The Balaban J connectivity index is 2.32. The maximum absolute atomic E-state index is 12.6. The van der Waals surface area contributed by atoms with E-state index in [4.69, 9.17) is 9.47 Å². The number of rotatable bonds is 4. The number of halogens is 1. The fourth-order valence-corrected chi connectivity index (χ4v) is 2.81. The Morgan fingerprint density at radius 1 is 1.00 bits per heavy atom. The van der Waals surface area contributed by atoms with Gasteiger partial charge in [0, 0.05) is 5.56 Å². The summed E-state index contributed by atoms with van der Waals surface area (Å²) in [5.41, 5.74) is 2.29. The van der Waals surface area contributed by atoms with E-state index in [1.807, 2.05) is 18.2 Å². The van der Waals surface area contributed by atoms with Crippen molar-refractivity contribution in [2.45, 2.75) is 26.2 Å². The minimum Gasteiger partial charge on any atom is -0.496 e. The molecule has 0 saturated heterocycles. The number of carbonyl (C=O) groups is 1. The molecule has 0 heterocycles. The van der Waals surface area contributed by atoms with Gasteiger partial charge in [0.15, 0.2) is 0 Å². The van der Waals surface area contributed by atoms with Crippen molar-refractivity contribution in [3.8, 4) is 11.5 Å². The molecule has 0 spiro atoms. The first kappa shape index (κ1) is 18.3. The van der Waals surface area contributed by atoms with Crippen LogP contribution in [0.5, 0.6) is 11.5 Å². The zero-order chi connectivity index (χ0) is 17.9. The van der Waals surface area contributed by atoms with E-state index in [0.717, 1.165) is 10.0 Å². The van der Waals surface area contributed by atoms with Crippen molar-refractivity contribution in [2.24, 2.45) is 0 Å². The Labute approximate surface area is 151 Å². The zero-order valence-electron chi connectivity index (χ0n) is 14.6. The Morgan fingerprint density at radius 2 is 1.62 bits per heavy atom. The molecule has 1 amide bonds. The molecule has 0 atom stereocenters. The Morgan fingerprint density at radius 3 is 2.17 bits per heavy atom. The van der Waals surface area contributed by atoms with Crippen LogP contribution in [0.4, 0.5) is 5.69 Å². The third-order valence-electron chi connectivity index (χ3n) is 3.73. The quantitative estimate of drug-likeness (QED) is 0.795. The van der Waals surface area contributed by atoms with Crippen LogP contribution in [-0.2, 0) is 5.41 Å². The van der Waals surface area contributed by atoms with Gasteiger partial charge in [-0.1, -0.05) is 26.8 Å². The van der Waals surface area contributed by atoms with Gasteiger partial charge in [0.1, 0.15) is 11.5 Å². The molecule has 24 heavy (non-hydrogen) atoms. The molecular formula is C19H22BrNO3. The average Bonchev–Trinajstić information content (AvgIpc) is 2.53. The van der Waals surface area contributed by atoms with Crippen LogP contribution in [0.1, 0.15) is 36.7 Å². The lowest BCUT2D eigenvalue weighted by atomic mass is 9.87. The van der Waals surface area contributed by atoms with Gasteiger partial charge in [0.25, 0.3) is 5.91 Å². The first-order chi connectivity index (χ1) is 11.3. The molecule has 2 aromatic carbocycles. The Kier molecular flexibility index (Phi) is 5.54. The van der Waals surface area contributed by atoms with Gasteiger partial charge in [0.05, 0.1) is 24.4 Å². The molecule has 2 aromatic rings. The third-order valence-corrected chi connectivity index (χ3v) is 4.35. The number of hydrogen-bond acceptors (Lipinski definition) is 3. The van der Waals surface area contributed by atoms with E-state index in [2.05, 4.69) is 42.0 Å². The lowest BCUT2D eigenvalue weighted by Gasteiger charge is -2.21. The first-order valence-electron chi connectivity index (χ1n) is 7.59. The van der Waals surface area contributed by atoms with Gasteiger partial charge in [-0.2, -0.15) is 0 Å². The second-order valence-corrected chi connectivity index (χ2v) is 7.32. The summed E-state index contributed by atoms with van der Waals surface area (Å²) in [6.07, 6.45) is 0. The number of methoxy groups -OCH3 is 2. The van der Waals surface area contributed by atoms with E-state index in [-0.39, 0.29) is 11.3 Å². The van der Waals surface area contributed by atoms with Crippen molar-refractivity contribution in [3.63, 3.8) is 0 Å². The predicted octanol–water partition coefficient (Wildman–Crippen LogP) is 5.02. The third kappa shape index (κ3) is 4.09. The molecule has 1 N–H and O–H groups in total. The maximum Gasteiger partial charge on any atom is 0.255 e. The van der Waals surface area contributed by atoms with Crippen LogP contribution in [0.3, 0.4) is 0 Å². The minimum absolute atomic E-state index is 0.0190. The highest BCUT2D eigenvalue weighted by molar-refractivity contribution is 9.10. The van der Waals surface area contributed by atoms with Crippen LogP contribution in [0.25, 0.3) is 0 Å². The van der Waals surface area contributed by atoms with Crippen molar-refractivity contribution in [1.29, 1.82) is 0 Å². The standard InChI is InChI=1S/C19H22BrNO3/c1-19(2,3)13-7-9-17(24-5)15(11-13)21-18(22)12-6-8-16(23-4)14(20)10-12/h6-11H,1-5H3,(H,21,22). The van der Waals surface area contributed by atoms with E-state index in [0.29, 0.717) is 22.7 Å². The summed E-state index contributed by atoms with van der Waals surface area (Å²) in [7, 11) is 3.18. The highest BCUT2D eigenvalue weighted by Gasteiger charge is 2.17. The lowest BCUT2D eigenvalue weighted by molar-refractivity contribution is 0.102. The van der Waals surface area contributed by atoms with Crippen molar-refractivity contribution in [2.75, 3.05) is 19.5 Å². The second kappa shape index (κ2) is 7.26. The second-order valence-electron chi connectivity index (χ2n) is 6.47. The van der Waals surface area contributed by atoms with Gasteiger partial charge in [0.2, 0.25) is 0 Å². The highest BCUT2D eigenvalue weighted by atomic mass is 79.9. The smallest absolute Gasteiger partial charge is 0.255 e. The summed E-state index contributed by atoms with van der Waals surface area (Å²) in [4.78, 5) is 12.6. The summed E-state index contributed by atoms with van der Waals surface area (Å²) in [5.74, 6) is 1.10. The molecule has 0 aliphatic rings. The van der Waals surface area contributed by atoms with Gasteiger partial charge >= 0.3 is 0 Å². The molecule has 128 valence electrons. The van der Waals surface area contributed by atoms with E-state index in [1.54, 1.807) is 32.4 Å². The molecule has 0 radical (unpaired) electrons. The highest BCUT2D eigenvalue weighted by Crippen LogP contribution is 2.32. The fourth-order valence-electron chi connectivity index (χ4n) is 2.27. The minimum atomic E-state index is -0.206. The van der Waals surface area contributed by atoms with Crippen LogP contribution in [0.2, 0.25) is 0 Å². The number of amides is 1. The van der Waals surface area contributed by atoms with Crippen molar-refractivity contribution < 1.29 is 14.3 Å².